The maximum absolute atomic E-state index is 12.9. The fraction of sp³-hybridized carbons (Fsp3) is 0.455. The molecule has 29 heavy (non-hydrogen) atoms. The average Bonchev–Trinajstić information content (AvgIpc) is 3.02. The summed E-state index contributed by atoms with van der Waals surface area (Å²) in [5.41, 5.74) is 2.02. The number of nitrogens with zero attached hydrogens (tertiary/aromatic N) is 3. The van der Waals surface area contributed by atoms with Gasteiger partial charge in [0.05, 0.1) is 6.61 Å². The van der Waals surface area contributed by atoms with E-state index in [0.717, 1.165) is 10.5 Å². The summed E-state index contributed by atoms with van der Waals surface area (Å²) >= 11 is 0. The monoisotopic (exact) mass is 397 g/mol. The van der Waals surface area contributed by atoms with E-state index in [0.29, 0.717) is 11.3 Å². The molecule has 0 saturated heterocycles. The van der Waals surface area contributed by atoms with E-state index in [1.54, 1.807) is 31.4 Å². The molecule has 0 unspecified atom stereocenters. The molecular weight excluding hydrogens is 370 g/mol. The third kappa shape index (κ3) is 4.48. The van der Waals surface area contributed by atoms with Crippen molar-refractivity contribution in [3.8, 4) is 6.07 Å². The molecule has 2 heterocycles. The van der Waals surface area contributed by atoms with Gasteiger partial charge in [-0.2, -0.15) is 5.26 Å². The van der Waals surface area contributed by atoms with Gasteiger partial charge in [0.15, 0.2) is 0 Å². The van der Waals surface area contributed by atoms with Crippen molar-refractivity contribution in [2.45, 2.75) is 53.5 Å². The number of rotatable bonds is 5. The van der Waals surface area contributed by atoms with Gasteiger partial charge >= 0.3 is 5.97 Å². The molecule has 0 aliphatic carbocycles. The van der Waals surface area contributed by atoms with Crippen LogP contribution in [0.1, 0.15) is 52.8 Å². The van der Waals surface area contributed by atoms with Crippen molar-refractivity contribution in [2.24, 2.45) is 0 Å². The SMILES string of the molecule is CCOC(=O)Cn1cc(C(C)(C)C)cc1/C=C1\C(=O)N(CC)C(=O)C(C#N)=C1C. The first-order valence-corrected chi connectivity index (χ1v) is 9.60. The predicted octanol–water partition coefficient (Wildman–Crippen LogP) is 2.96. The van der Waals surface area contributed by atoms with E-state index in [4.69, 9.17) is 4.74 Å². The molecule has 1 aliphatic heterocycles. The molecule has 0 radical (unpaired) electrons. The molecular formula is C22H27N3O4. The highest BCUT2D eigenvalue weighted by Crippen LogP contribution is 2.30. The number of ether oxygens (including phenoxy) is 1. The largest absolute Gasteiger partial charge is 0.465 e. The average molecular weight is 397 g/mol. The van der Waals surface area contributed by atoms with Crippen LogP contribution < -0.4 is 0 Å². The quantitative estimate of drug-likeness (QED) is 0.433. The molecule has 1 aromatic heterocycles. The fourth-order valence-electron chi connectivity index (χ4n) is 3.10. The van der Waals surface area contributed by atoms with E-state index in [-0.39, 0.29) is 42.2 Å². The highest BCUT2D eigenvalue weighted by molar-refractivity contribution is 6.19. The van der Waals surface area contributed by atoms with Crippen LogP contribution in [-0.2, 0) is 31.1 Å². The third-order valence-corrected chi connectivity index (χ3v) is 4.83. The minimum Gasteiger partial charge on any atom is -0.465 e. The molecule has 0 aromatic carbocycles. The molecule has 1 aliphatic rings. The van der Waals surface area contributed by atoms with E-state index < -0.39 is 11.8 Å². The number of hydrogen-bond acceptors (Lipinski definition) is 5. The highest BCUT2D eigenvalue weighted by atomic mass is 16.5. The van der Waals surface area contributed by atoms with E-state index in [2.05, 4.69) is 20.8 Å². The summed E-state index contributed by atoms with van der Waals surface area (Å²) < 4.78 is 6.79. The number of hydrogen-bond donors (Lipinski definition) is 0. The maximum atomic E-state index is 12.9. The highest BCUT2D eigenvalue weighted by Gasteiger charge is 2.34. The van der Waals surface area contributed by atoms with Gasteiger partial charge in [-0.1, -0.05) is 20.8 Å². The summed E-state index contributed by atoms with van der Waals surface area (Å²) in [6.45, 7) is 11.6. The van der Waals surface area contributed by atoms with Crippen molar-refractivity contribution < 1.29 is 19.1 Å². The lowest BCUT2D eigenvalue weighted by molar-refractivity contribution is -0.144. The van der Waals surface area contributed by atoms with Gasteiger partial charge in [-0.3, -0.25) is 19.3 Å². The lowest BCUT2D eigenvalue weighted by atomic mass is 9.89. The second-order valence-corrected chi connectivity index (χ2v) is 7.86. The number of nitriles is 1. The normalized spacial score (nSPS) is 16.4. The van der Waals surface area contributed by atoms with E-state index >= 15 is 0 Å². The van der Waals surface area contributed by atoms with Gasteiger partial charge in [0.2, 0.25) is 0 Å². The predicted molar refractivity (Wildman–Crippen MR) is 108 cm³/mol. The summed E-state index contributed by atoms with van der Waals surface area (Å²) in [6, 6.07) is 3.82. The molecule has 0 atom stereocenters. The van der Waals surface area contributed by atoms with Gasteiger partial charge < -0.3 is 9.30 Å². The molecule has 7 heteroatoms. The molecule has 154 valence electrons. The Morgan fingerprint density at radius 1 is 1.24 bits per heavy atom. The molecule has 0 bridgehead atoms. The van der Waals surface area contributed by atoms with Crippen LogP contribution in [0.15, 0.2) is 29.0 Å². The summed E-state index contributed by atoms with van der Waals surface area (Å²) in [4.78, 5) is 38.3. The first-order valence-electron chi connectivity index (χ1n) is 9.60. The Morgan fingerprint density at radius 3 is 2.41 bits per heavy atom. The summed E-state index contributed by atoms with van der Waals surface area (Å²) in [5.74, 6) is -1.41. The first-order chi connectivity index (χ1) is 13.5. The topological polar surface area (TPSA) is 92.4 Å². The molecule has 0 N–H and O–H groups in total. The third-order valence-electron chi connectivity index (χ3n) is 4.83. The van der Waals surface area contributed by atoms with Crippen LogP contribution in [0.5, 0.6) is 0 Å². The van der Waals surface area contributed by atoms with Crippen LogP contribution in [0, 0.1) is 11.3 Å². The Kier molecular flexibility index (Phi) is 6.48. The van der Waals surface area contributed by atoms with Gasteiger partial charge in [0.25, 0.3) is 11.8 Å². The zero-order valence-electron chi connectivity index (χ0n) is 17.8. The second-order valence-electron chi connectivity index (χ2n) is 7.86. The number of aromatic nitrogens is 1. The molecule has 2 rings (SSSR count). The Morgan fingerprint density at radius 2 is 1.90 bits per heavy atom. The molecule has 1 aromatic rings. The van der Waals surface area contributed by atoms with Gasteiger partial charge in [0, 0.05) is 24.0 Å². The lowest BCUT2D eigenvalue weighted by Gasteiger charge is -2.26. The standard InChI is InChI=1S/C22H27N3O4/c1-7-25-20(27)17(14(3)18(11-23)21(25)28)10-16-9-15(22(4,5)6)12-24(16)13-19(26)29-8-2/h9-10,12H,7-8,13H2,1-6H3/b17-10-. The van der Waals surface area contributed by atoms with Crippen LogP contribution >= 0.6 is 0 Å². The minimum atomic E-state index is -0.577. The zero-order chi connectivity index (χ0) is 21.9. The summed E-state index contributed by atoms with van der Waals surface area (Å²) in [6.07, 6.45) is 3.50. The minimum absolute atomic E-state index is 0.00150. The number of carbonyl (C=O) groups is 3. The van der Waals surface area contributed by atoms with Crippen LogP contribution in [0.2, 0.25) is 0 Å². The zero-order valence-corrected chi connectivity index (χ0v) is 17.8. The van der Waals surface area contributed by atoms with Crippen molar-refractivity contribution in [1.82, 2.24) is 9.47 Å². The Hall–Kier alpha value is -3.14. The fourth-order valence-corrected chi connectivity index (χ4v) is 3.10. The number of amides is 2. The van der Waals surface area contributed by atoms with Crippen molar-refractivity contribution in [1.29, 1.82) is 5.26 Å². The molecule has 0 fully saturated rings. The van der Waals surface area contributed by atoms with Crippen LogP contribution in [0.4, 0.5) is 0 Å². The molecule has 7 nitrogen and oxygen atoms in total. The van der Waals surface area contributed by atoms with Crippen molar-refractivity contribution >= 4 is 23.9 Å². The number of esters is 1. The molecule has 0 spiro atoms. The summed E-state index contributed by atoms with van der Waals surface area (Å²) in [7, 11) is 0. The van der Waals surface area contributed by atoms with E-state index in [1.807, 2.05) is 18.3 Å². The number of carbonyl (C=O) groups excluding carboxylic acids is 3. The summed E-state index contributed by atoms with van der Waals surface area (Å²) in [5, 5.41) is 9.40. The van der Waals surface area contributed by atoms with Crippen LogP contribution in [0.25, 0.3) is 6.08 Å². The van der Waals surface area contributed by atoms with Gasteiger partial charge in [0.1, 0.15) is 18.2 Å². The van der Waals surface area contributed by atoms with Gasteiger partial charge in [-0.25, -0.2) is 0 Å². The van der Waals surface area contributed by atoms with E-state index in [1.165, 1.54) is 0 Å². The Labute approximate surface area is 171 Å². The lowest BCUT2D eigenvalue weighted by Crippen LogP contribution is -2.42. The smallest absolute Gasteiger partial charge is 0.325 e. The van der Waals surface area contributed by atoms with Crippen LogP contribution in [0.3, 0.4) is 0 Å². The molecule has 2 amide bonds. The van der Waals surface area contributed by atoms with Gasteiger partial charge in [-0.15, -0.1) is 0 Å². The van der Waals surface area contributed by atoms with Crippen molar-refractivity contribution in [3.63, 3.8) is 0 Å². The first kappa shape index (κ1) is 22.2. The maximum Gasteiger partial charge on any atom is 0.325 e. The Balaban J connectivity index is 2.64. The Bertz CT molecular complexity index is 952. The second kappa shape index (κ2) is 8.48. The number of likely N-dealkylation sites (N-methyl/N-ethyl adjacent to an activating group) is 1. The van der Waals surface area contributed by atoms with Crippen molar-refractivity contribution in [3.05, 3.63) is 40.2 Å². The number of imide groups is 1. The van der Waals surface area contributed by atoms with Gasteiger partial charge in [-0.05, 0) is 49.5 Å². The molecule has 0 saturated carbocycles. The van der Waals surface area contributed by atoms with Crippen LogP contribution in [-0.4, -0.2) is 40.4 Å². The van der Waals surface area contributed by atoms with E-state index in [9.17, 15) is 19.6 Å². The van der Waals surface area contributed by atoms with Crippen molar-refractivity contribution in [2.75, 3.05) is 13.2 Å².